The Kier molecular flexibility index (Phi) is 5.83. The number of halogens is 2. The average molecular weight is 461 g/mol. The molecular formula is C11H15Br2N3O3S2. The van der Waals surface area contributed by atoms with E-state index in [4.69, 9.17) is 5.14 Å². The smallest absolute Gasteiger partial charge is 0.274 e. The fraction of sp³-hybridized carbons (Fsp3) is 0.545. The summed E-state index contributed by atoms with van der Waals surface area (Å²) in [5.41, 5.74) is 0. The number of rotatable bonds is 4. The molecule has 2 rings (SSSR count). The lowest BCUT2D eigenvalue weighted by Crippen LogP contribution is -2.44. The first-order valence-electron chi connectivity index (χ1n) is 6.28. The van der Waals surface area contributed by atoms with Gasteiger partial charge < -0.3 is 4.90 Å². The number of hydrogen-bond donors (Lipinski definition) is 2. The van der Waals surface area contributed by atoms with Gasteiger partial charge in [0, 0.05) is 24.1 Å². The van der Waals surface area contributed by atoms with Crippen molar-refractivity contribution in [1.29, 1.82) is 0 Å². The van der Waals surface area contributed by atoms with Gasteiger partial charge in [-0.1, -0.05) is 0 Å². The van der Waals surface area contributed by atoms with Crippen molar-refractivity contribution in [2.24, 2.45) is 11.1 Å². The Balaban J connectivity index is 1.98. The van der Waals surface area contributed by atoms with E-state index in [0.29, 0.717) is 18.0 Å². The topological polar surface area (TPSA) is 92.5 Å². The van der Waals surface area contributed by atoms with Gasteiger partial charge in [0.15, 0.2) is 0 Å². The van der Waals surface area contributed by atoms with E-state index in [1.807, 2.05) is 0 Å². The fourth-order valence-corrected chi connectivity index (χ4v) is 4.73. The number of nitrogens with zero attached hydrogens (tertiary/aromatic N) is 1. The van der Waals surface area contributed by atoms with Gasteiger partial charge in [0.1, 0.15) is 0 Å². The van der Waals surface area contributed by atoms with Crippen LogP contribution < -0.4 is 9.86 Å². The third kappa shape index (κ3) is 5.00. The van der Waals surface area contributed by atoms with Crippen LogP contribution in [0, 0.1) is 5.92 Å². The molecule has 0 spiro atoms. The summed E-state index contributed by atoms with van der Waals surface area (Å²) in [6, 6.07) is 1.79. The first kappa shape index (κ1) is 17.4. The summed E-state index contributed by atoms with van der Waals surface area (Å²) in [6.07, 6.45) is 1.74. The molecule has 0 radical (unpaired) electrons. The van der Waals surface area contributed by atoms with Crippen LogP contribution in [0.1, 0.15) is 22.5 Å². The molecule has 0 aromatic carbocycles. The zero-order chi connectivity index (χ0) is 15.6. The number of likely N-dealkylation sites (tertiary alicyclic amines) is 1. The molecule has 1 saturated heterocycles. The van der Waals surface area contributed by atoms with Crippen LogP contribution in [-0.2, 0) is 10.2 Å². The van der Waals surface area contributed by atoms with Crippen LogP contribution in [0.5, 0.6) is 0 Å². The number of nitrogens with two attached hydrogens (primary N) is 1. The van der Waals surface area contributed by atoms with Crippen molar-refractivity contribution in [3.8, 4) is 0 Å². The number of amides is 1. The van der Waals surface area contributed by atoms with Crippen molar-refractivity contribution in [3.05, 3.63) is 19.2 Å². The molecule has 118 valence electrons. The molecule has 1 fully saturated rings. The summed E-state index contributed by atoms with van der Waals surface area (Å²) in [5.74, 6) is 0.0691. The Labute approximate surface area is 144 Å². The number of piperidine rings is 1. The minimum absolute atomic E-state index is 0.0216. The van der Waals surface area contributed by atoms with Crippen LogP contribution in [0.15, 0.2) is 14.3 Å². The van der Waals surface area contributed by atoms with Crippen molar-refractivity contribution in [2.45, 2.75) is 12.8 Å². The van der Waals surface area contributed by atoms with Crippen molar-refractivity contribution < 1.29 is 13.2 Å². The summed E-state index contributed by atoms with van der Waals surface area (Å²) in [7, 11) is -3.68. The molecule has 1 unspecified atom stereocenters. The van der Waals surface area contributed by atoms with Crippen molar-refractivity contribution in [2.75, 3.05) is 19.6 Å². The number of carbonyl (C=O) groups is 1. The molecule has 2 heterocycles. The molecule has 1 aromatic rings. The number of hydrogen-bond acceptors (Lipinski definition) is 4. The minimum Gasteiger partial charge on any atom is -0.338 e. The van der Waals surface area contributed by atoms with E-state index >= 15 is 0 Å². The van der Waals surface area contributed by atoms with Crippen molar-refractivity contribution in [3.63, 3.8) is 0 Å². The Morgan fingerprint density at radius 2 is 2.24 bits per heavy atom. The van der Waals surface area contributed by atoms with Gasteiger partial charge in [0.2, 0.25) is 0 Å². The molecule has 0 aliphatic carbocycles. The van der Waals surface area contributed by atoms with Gasteiger partial charge in [-0.25, -0.2) is 9.86 Å². The normalized spacial score (nSPS) is 19.8. The van der Waals surface area contributed by atoms with E-state index in [2.05, 4.69) is 36.6 Å². The maximum absolute atomic E-state index is 12.4. The second kappa shape index (κ2) is 7.05. The Hall–Kier alpha value is -0.000000000000000305. The maximum atomic E-state index is 12.4. The quantitative estimate of drug-likeness (QED) is 0.718. The highest BCUT2D eigenvalue weighted by Crippen LogP contribution is 2.33. The highest BCUT2D eigenvalue weighted by Gasteiger charge is 2.26. The molecule has 21 heavy (non-hydrogen) atoms. The van der Waals surface area contributed by atoms with Crippen LogP contribution >= 0.6 is 43.2 Å². The standard InChI is InChI=1S/C11H15Br2N3O3S2/c12-8-4-9(20-10(8)13)11(17)16-3-1-2-7(6-16)5-15-21(14,18)19/h4,7,15H,1-3,5-6H2,(H2,14,18,19). The summed E-state index contributed by atoms with van der Waals surface area (Å²) >= 11 is 8.13. The number of nitrogens with one attached hydrogen (secondary N) is 1. The van der Waals surface area contributed by atoms with Gasteiger partial charge in [-0.05, 0) is 56.7 Å². The molecular weight excluding hydrogens is 446 g/mol. The summed E-state index contributed by atoms with van der Waals surface area (Å²) in [4.78, 5) is 14.9. The van der Waals surface area contributed by atoms with Crippen LogP contribution in [0.4, 0.5) is 0 Å². The second-order valence-corrected chi connectivity index (χ2v) is 9.49. The summed E-state index contributed by atoms with van der Waals surface area (Å²) in [6.45, 7) is 1.49. The Morgan fingerprint density at radius 3 is 2.81 bits per heavy atom. The largest absolute Gasteiger partial charge is 0.338 e. The highest BCUT2D eigenvalue weighted by molar-refractivity contribution is 9.13. The number of thiophene rings is 1. The third-order valence-corrected chi connectivity index (χ3v) is 7.05. The third-order valence-electron chi connectivity index (χ3n) is 3.24. The second-order valence-electron chi connectivity index (χ2n) is 4.89. The van der Waals surface area contributed by atoms with Gasteiger partial charge >= 0.3 is 0 Å². The molecule has 6 nitrogen and oxygen atoms in total. The monoisotopic (exact) mass is 459 g/mol. The Morgan fingerprint density at radius 1 is 1.52 bits per heavy atom. The van der Waals surface area contributed by atoms with Gasteiger partial charge in [-0.3, -0.25) is 4.79 Å². The van der Waals surface area contributed by atoms with Gasteiger partial charge in [0.05, 0.1) is 8.66 Å². The van der Waals surface area contributed by atoms with Crippen LogP contribution in [0.25, 0.3) is 0 Å². The zero-order valence-corrected chi connectivity index (χ0v) is 15.8. The molecule has 1 aromatic heterocycles. The van der Waals surface area contributed by atoms with E-state index in [1.54, 1.807) is 11.0 Å². The van der Waals surface area contributed by atoms with Gasteiger partial charge in [-0.15, -0.1) is 11.3 Å². The lowest BCUT2D eigenvalue weighted by atomic mass is 9.98. The van der Waals surface area contributed by atoms with E-state index in [9.17, 15) is 13.2 Å². The average Bonchev–Trinajstić information content (AvgIpc) is 2.75. The van der Waals surface area contributed by atoms with Gasteiger partial charge in [-0.2, -0.15) is 8.42 Å². The Bertz CT molecular complexity index is 613. The molecule has 1 aliphatic heterocycles. The van der Waals surface area contributed by atoms with Crippen LogP contribution in [-0.4, -0.2) is 38.9 Å². The summed E-state index contributed by atoms with van der Waals surface area (Å²) < 4.78 is 25.9. The predicted molar refractivity (Wildman–Crippen MR) is 89.5 cm³/mol. The lowest BCUT2D eigenvalue weighted by Gasteiger charge is -2.32. The first-order valence-corrected chi connectivity index (χ1v) is 10.2. The minimum atomic E-state index is -3.68. The molecule has 1 aliphatic rings. The molecule has 3 N–H and O–H groups in total. The van der Waals surface area contributed by atoms with Crippen molar-refractivity contribution in [1.82, 2.24) is 9.62 Å². The highest BCUT2D eigenvalue weighted by atomic mass is 79.9. The predicted octanol–water partition coefficient (Wildman–Crippen LogP) is 1.92. The molecule has 1 atom stereocenters. The SMILES string of the molecule is NS(=O)(=O)NCC1CCCN(C(=O)c2cc(Br)c(Br)s2)C1. The molecule has 0 saturated carbocycles. The van der Waals surface area contributed by atoms with E-state index < -0.39 is 10.2 Å². The summed E-state index contributed by atoms with van der Waals surface area (Å²) in [5, 5.41) is 4.93. The first-order chi connectivity index (χ1) is 9.76. The lowest BCUT2D eigenvalue weighted by molar-refractivity contribution is 0.0681. The van der Waals surface area contributed by atoms with E-state index in [-0.39, 0.29) is 18.4 Å². The molecule has 10 heteroatoms. The zero-order valence-electron chi connectivity index (χ0n) is 11.0. The van der Waals surface area contributed by atoms with E-state index in [1.165, 1.54) is 11.3 Å². The fourth-order valence-electron chi connectivity index (χ4n) is 2.26. The van der Waals surface area contributed by atoms with Crippen molar-refractivity contribution >= 4 is 59.3 Å². The molecule has 0 bridgehead atoms. The van der Waals surface area contributed by atoms with Crippen LogP contribution in [0.2, 0.25) is 0 Å². The maximum Gasteiger partial charge on any atom is 0.274 e. The van der Waals surface area contributed by atoms with E-state index in [0.717, 1.165) is 21.1 Å². The number of carbonyl (C=O) groups excluding carboxylic acids is 1. The van der Waals surface area contributed by atoms with Crippen LogP contribution in [0.3, 0.4) is 0 Å². The molecule has 1 amide bonds. The van der Waals surface area contributed by atoms with Gasteiger partial charge in [0.25, 0.3) is 16.1 Å².